The smallest absolute Gasteiger partial charge is 0.272 e. The number of aromatic nitrogens is 3. The first kappa shape index (κ1) is 21.4. The number of nitrogens with one attached hydrogen (secondary N) is 1. The molecule has 3 aromatic rings. The third-order valence-electron chi connectivity index (χ3n) is 5.51. The van der Waals surface area contributed by atoms with E-state index >= 15 is 0 Å². The van der Waals surface area contributed by atoms with Crippen molar-refractivity contribution in [2.45, 2.75) is 25.4 Å². The molecule has 1 aliphatic heterocycles. The second kappa shape index (κ2) is 9.55. The quantitative estimate of drug-likeness (QED) is 0.620. The van der Waals surface area contributed by atoms with E-state index < -0.39 is 0 Å². The van der Waals surface area contributed by atoms with E-state index in [1.165, 1.54) is 0 Å². The number of carbonyl (C=O) groups is 2. The number of hydrogen-bond acceptors (Lipinski definition) is 6. The Morgan fingerprint density at radius 2 is 1.94 bits per heavy atom. The number of hydrogen-bond donors (Lipinski definition) is 1. The fraction of sp³-hybridized carbons (Fsp3) is 0.292. The van der Waals surface area contributed by atoms with Gasteiger partial charge in [0.2, 0.25) is 5.91 Å². The number of nitrogens with zero attached hydrogens (tertiary/aromatic N) is 5. The maximum Gasteiger partial charge on any atom is 0.272 e. The first-order valence-electron chi connectivity index (χ1n) is 10.6. The summed E-state index contributed by atoms with van der Waals surface area (Å²) in [6.45, 7) is 1.44. The molecule has 1 unspecified atom stereocenters. The summed E-state index contributed by atoms with van der Waals surface area (Å²) in [6, 6.07) is 17.1. The van der Waals surface area contributed by atoms with Crippen LogP contribution in [0, 0.1) is 0 Å². The Kier molecular flexibility index (Phi) is 6.39. The minimum absolute atomic E-state index is 0.0168. The van der Waals surface area contributed by atoms with Crippen LogP contribution >= 0.6 is 0 Å². The van der Waals surface area contributed by atoms with Crippen LogP contribution in [-0.2, 0) is 17.9 Å². The van der Waals surface area contributed by atoms with Crippen molar-refractivity contribution in [3.63, 3.8) is 0 Å². The van der Waals surface area contributed by atoms with E-state index in [4.69, 9.17) is 4.98 Å². The lowest BCUT2D eigenvalue weighted by molar-refractivity contribution is -0.128. The van der Waals surface area contributed by atoms with Crippen molar-refractivity contribution in [2.24, 2.45) is 0 Å². The molecular weight excluding hydrogens is 404 g/mol. The molecule has 1 saturated heterocycles. The monoisotopic (exact) mass is 430 g/mol. The number of amides is 2. The lowest BCUT2D eigenvalue weighted by Gasteiger charge is -2.19. The van der Waals surface area contributed by atoms with Crippen LogP contribution in [-0.4, -0.2) is 57.2 Å². The number of carbonyl (C=O) groups excluding carboxylic acids is 2. The highest BCUT2D eigenvalue weighted by molar-refractivity contribution is 5.91. The lowest BCUT2D eigenvalue weighted by Crippen LogP contribution is -2.28. The normalized spacial score (nSPS) is 15.6. The van der Waals surface area contributed by atoms with Gasteiger partial charge in [-0.15, -0.1) is 0 Å². The van der Waals surface area contributed by atoms with Gasteiger partial charge in [0.1, 0.15) is 17.3 Å². The summed E-state index contributed by atoms with van der Waals surface area (Å²) in [5.41, 5.74) is 2.29. The van der Waals surface area contributed by atoms with Crippen molar-refractivity contribution in [1.29, 1.82) is 0 Å². The summed E-state index contributed by atoms with van der Waals surface area (Å²) in [7, 11) is 3.49. The van der Waals surface area contributed by atoms with Gasteiger partial charge in [0.05, 0.1) is 12.2 Å². The van der Waals surface area contributed by atoms with Crippen molar-refractivity contribution < 1.29 is 9.59 Å². The highest BCUT2D eigenvalue weighted by Crippen LogP contribution is 2.29. The van der Waals surface area contributed by atoms with E-state index in [0.29, 0.717) is 36.8 Å². The van der Waals surface area contributed by atoms with Gasteiger partial charge in [-0.2, -0.15) is 0 Å². The Morgan fingerprint density at radius 1 is 1.16 bits per heavy atom. The van der Waals surface area contributed by atoms with Crippen molar-refractivity contribution in [2.75, 3.05) is 26.0 Å². The second-order valence-electron chi connectivity index (χ2n) is 7.88. The average Bonchev–Trinajstić information content (AvgIpc) is 3.19. The van der Waals surface area contributed by atoms with E-state index in [9.17, 15) is 9.59 Å². The van der Waals surface area contributed by atoms with E-state index in [1.54, 1.807) is 43.4 Å². The molecule has 1 N–H and O–H groups in total. The van der Waals surface area contributed by atoms with Gasteiger partial charge >= 0.3 is 0 Å². The standard InChI is InChI=1S/C24H26N6O2/c1-25-21-13-20(18-12-23(31)30(15-18)14-17-8-4-3-5-9-17)27-22(28-21)16-29(2)24(32)19-10-6-7-11-26-19/h3-11,13,18H,12,14-16H2,1-2H3,(H,25,27,28). The zero-order valence-corrected chi connectivity index (χ0v) is 18.2. The molecule has 1 aromatic carbocycles. The molecule has 8 nitrogen and oxygen atoms in total. The van der Waals surface area contributed by atoms with Crippen LogP contribution in [0.3, 0.4) is 0 Å². The van der Waals surface area contributed by atoms with Gasteiger partial charge in [0, 0.05) is 51.8 Å². The highest BCUT2D eigenvalue weighted by Gasteiger charge is 2.32. The van der Waals surface area contributed by atoms with Gasteiger partial charge in [0.15, 0.2) is 0 Å². The van der Waals surface area contributed by atoms with E-state index in [1.807, 2.05) is 41.3 Å². The maximum atomic E-state index is 12.6. The molecule has 32 heavy (non-hydrogen) atoms. The van der Waals surface area contributed by atoms with Gasteiger partial charge in [-0.1, -0.05) is 36.4 Å². The predicted octanol–water partition coefficient (Wildman–Crippen LogP) is 2.70. The molecule has 1 aliphatic rings. The summed E-state index contributed by atoms with van der Waals surface area (Å²) in [6.07, 6.45) is 2.00. The highest BCUT2D eigenvalue weighted by atomic mass is 16.2. The minimum Gasteiger partial charge on any atom is -0.373 e. The number of anilines is 1. The largest absolute Gasteiger partial charge is 0.373 e. The Hall–Kier alpha value is -3.81. The van der Waals surface area contributed by atoms with Crippen LogP contribution in [0.25, 0.3) is 0 Å². The molecule has 3 heterocycles. The van der Waals surface area contributed by atoms with Crippen LogP contribution < -0.4 is 5.32 Å². The zero-order chi connectivity index (χ0) is 22.5. The first-order valence-corrected chi connectivity index (χ1v) is 10.6. The molecule has 2 aromatic heterocycles. The summed E-state index contributed by atoms with van der Waals surface area (Å²) in [5, 5.41) is 3.06. The fourth-order valence-electron chi connectivity index (χ4n) is 3.82. The summed E-state index contributed by atoms with van der Waals surface area (Å²) in [4.78, 5) is 42.0. The van der Waals surface area contributed by atoms with Crippen molar-refractivity contribution >= 4 is 17.6 Å². The van der Waals surface area contributed by atoms with Gasteiger partial charge in [-0.3, -0.25) is 14.6 Å². The molecule has 164 valence electrons. The molecule has 1 fully saturated rings. The van der Waals surface area contributed by atoms with Crippen LogP contribution in [0.15, 0.2) is 60.8 Å². The molecule has 0 aliphatic carbocycles. The minimum atomic E-state index is -0.198. The van der Waals surface area contributed by atoms with Crippen molar-refractivity contribution in [1.82, 2.24) is 24.8 Å². The number of benzene rings is 1. The maximum absolute atomic E-state index is 12.6. The Morgan fingerprint density at radius 3 is 2.66 bits per heavy atom. The molecule has 0 spiro atoms. The van der Waals surface area contributed by atoms with Gasteiger partial charge < -0.3 is 15.1 Å². The second-order valence-corrected chi connectivity index (χ2v) is 7.88. The number of pyridine rings is 1. The van der Waals surface area contributed by atoms with Gasteiger partial charge in [-0.05, 0) is 17.7 Å². The van der Waals surface area contributed by atoms with Crippen LogP contribution in [0.5, 0.6) is 0 Å². The van der Waals surface area contributed by atoms with Crippen LogP contribution in [0.1, 0.15) is 39.9 Å². The Bertz CT molecular complexity index is 1090. The summed E-state index contributed by atoms with van der Waals surface area (Å²) < 4.78 is 0. The molecule has 0 saturated carbocycles. The molecule has 0 radical (unpaired) electrons. The topological polar surface area (TPSA) is 91.3 Å². The van der Waals surface area contributed by atoms with Crippen molar-refractivity contribution in [3.8, 4) is 0 Å². The molecular formula is C24H26N6O2. The SMILES string of the molecule is CNc1cc(C2CC(=O)N(Cc3ccccc3)C2)nc(CN(C)C(=O)c2ccccn2)n1. The van der Waals surface area contributed by atoms with Crippen molar-refractivity contribution in [3.05, 3.63) is 83.6 Å². The Balaban J connectivity index is 1.49. The summed E-state index contributed by atoms with van der Waals surface area (Å²) >= 11 is 0. The first-order chi connectivity index (χ1) is 15.5. The molecule has 8 heteroatoms. The number of likely N-dealkylation sites (tertiary alicyclic amines) is 1. The van der Waals surface area contributed by atoms with Crippen LogP contribution in [0.2, 0.25) is 0 Å². The van der Waals surface area contributed by atoms with Gasteiger partial charge in [0.25, 0.3) is 5.91 Å². The van der Waals surface area contributed by atoms with E-state index in [2.05, 4.69) is 15.3 Å². The third-order valence-corrected chi connectivity index (χ3v) is 5.51. The Labute approximate surface area is 187 Å². The number of rotatable bonds is 7. The van der Waals surface area contributed by atoms with Gasteiger partial charge in [-0.25, -0.2) is 9.97 Å². The summed E-state index contributed by atoms with van der Waals surface area (Å²) in [5.74, 6) is 1.09. The third kappa shape index (κ3) is 4.91. The van der Waals surface area contributed by atoms with Crippen LogP contribution in [0.4, 0.5) is 5.82 Å². The molecule has 2 amide bonds. The van der Waals surface area contributed by atoms with E-state index in [0.717, 1.165) is 11.3 Å². The average molecular weight is 431 g/mol. The predicted molar refractivity (Wildman–Crippen MR) is 121 cm³/mol. The van der Waals surface area contributed by atoms with E-state index in [-0.39, 0.29) is 24.3 Å². The fourth-order valence-corrected chi connectivity index (χ4v) is 3.82. The molecule has 0 bridgehead atoms. The zero-order valence-electron chi connectivity index (χ0n) is 18.2. The lowest BCUT2D eigenvalue weighted by atomic mass is 10.0. The molecule has 1 atom stereocenters. The molecule has 4 rings (SSSR count).